The van der Waals surface area contributed by atoms with Gasteiger partial charge in [-0.05, 0) is 28.8 Å². The van der Waals surface area contributed by atoms with Crippen molar-refractivity contribution in [1.82, 2.24) is 4.98 Å². The fraction of sp³-hybridized carbons (Fsp3) is 0.115. The van der Waals surface area contributed by atoms with Crippen molar-refractivity contribution in [2.45, 2.75) is 18.8 Å². The van der Waals surface area contributed by atoms with Crippen LogP contribution in [0, 0.1) is 0 Å². The molecule has 0 spiro atoms. The first-order valence-electron chi connectivity index (χ1n) is 9.78. The normalized spacial score (nSPS) is 11.3. The summed E-state index contributed by atoms with van der Waals surface area (Å²) < 4.78 is 6.77. The van der Waals surface area contributed by atoms with E-state index in [1.165, 1.54) is 0 Å². The van der Waals surface area contributed by atoms with Gasteiger partial charge in [0.15, 0.2) is 0 Å². The van der Waals surface area contributed by atoms with Gasteiger partial charge in [0.05, 0.1) is 18.0 Å². The van der Waals surface area contributed by atoms with Crippen molar-refractivity contribution >= 4 is 0 Å². The lowest BCUT2D eigenvalue weighted by Crippen LogP contribution is -2.33. The zero-order valence-electron chi connectivity index (χ0n) is 16.2. The van der Waals surface area contributed by atoms with Crippen molar-refractivity contribution in [2.24, 2.45) is 5.73 Å². The van der Waals surface area contributed by atoms with E-state index in [0.717, 1.165) is 28.1 Å². The van der Waals surface area contributed by atoms with Crippen LogP contribution in [0.15, 0.2) is 109 Å². The van der Waals surface area contributed by atoms with Crippen LogP contribution < -0.4 is 5.73 Å². The third-order valence-electron chi connectivity index (χ3n) is 5.05. The summed E-state index contributed by atoms with van der Waals surface area (Å²) in [7, 11) is 0. The van der Waals surface area contributed by atoms with Crippen molar-refractivity contribution in [3.63, 3.8) is 0 Å². The summed E-state index contributed by atoms with van der Waals surface area (Å²) in [6, 6.07) is 36.9. The highest BCUT2D eigenvalue weighted by Gasteiger charge is 2.37. The number of nitrogens with two attached hydrogens (primary N) is 1. The molecule has 4 aromatic rings. The maximum Gasteiger partial charge on any atom is 0.144 e. The number of hydrogen-bond donors (Lipinski definition) is 1. The van der Waals surface area contributed by atoms with E-state index in [2.05, 4.69) is 41.4 Å². The first kappa shape index (κ1) is 19.1. The van der Waals surface area contributed by atoms with Gasteiger partial charge in [-0.15, -0.1) is 0 Å². The molecule has 3 nitrogen and oxygen atoms in total. The van der Waals surface area contributed by atoms with E-state index in [1.54, 1.807) is 0 Å². The molecule has 3 aromatic carbocycles. The lowest BCUT2D eigenvalue weighted by atomic mass is 9.80. The SMILES string of the molecule is NCc1cccc(COC(c2ccccc2)(c2ccccc2)c2ccccc2)n1. The van der Waals surface area contributed by atoms with Gasteiger partial charge >= 0.3 is 0 Å². The van der Waals surface area contributed by atoms with Gasteiger partial charge in [0.2, 0.25) is 0 Å². The number of ether oxygens (including phenoxy) is 1. The maximum atomic E-state index is 6.77. The fourth-order valence-corrected chi connectivity index (χ4v) is 3.67. The number of hydrogen-bond acceptors (Lipinski definition) is 3. The van der Waals surface area contributed by atoms with Gasteiger partial charge in [0, 0.05) is 6.54 Å². The van der Waals surface area contributed by atoms with Crippen molar-refractivity contribution < 1.29 is 4.74 Å². The minimum atomic E-state index is -0.746. The molecule has 0 saturated carbocycles. The largest absolute Gasteiger partial charge is 0.355 e. The summed E-state index contributed by atoms with van der Waals surface area (Å²) in [6.07, 6.45) is 0. The molecular formula is C26H24N2O. The Hall–Kier alpha value is -3.27. The van der Waals surface area contributed by atoms with Gasteiger partial charge in [-0.1, -0.05) is 97.1 Å². The highest BCUT2D eigenvalue weighted by atomic mass is 16.5. The molecular weight excluding hydrogens is 356 g/mol. The minimum absolute atomic E-state index is 0.368. The second-order valence-electron chi connectivity index (χ2n) is 6.89. The van der Waals surface area contributed by atoms with Crippen molar-refractivity contribution in [3.05, 3.63) is 137 Å². The summed E-state index contributed by atoms with van der Waals surface area (Å²) >= 11 is 0. The first-order valence-corrected chi connectivity index (χ1v) is 9.78. The van der Waals surface area contributed by atoms with E-state index < -0.39 is 5.60 Å². The Morgan fingerprint density at radius 1 is 0.586 bits per heavy atom. The molecule has 3 heteroatoms. The molecule has 1 heterocycles. The predicted octanol–water partition coefficient (Wildman–Crippen LogP) is 5.05. The maximum absolute atomic E-state index is 6.77. The molecule has 0 saturated heterocycles. The van der Waals surface area contributed by atoms with Gasteiger partial charge in [0.1, 0.15) is 5.60 Å². The van der Waals surface area contributed by atoms with Crippen LogP contribution in [0.5, 0.6) is 0 Å². The van der Waals surface area contributed by atoms with Crippen LogP contribution >= 0.6 is 0 Å². The first-order chi connectivity index (χ1) is 14.3. The molecule has 0 atom stereocenters. The molecule has 2 N–H and O–H groups in total. The van der Waals surface area contributed by atoms with Gasteiger partial charge in [-0.2, -0.15) is 0 Å². The molecule has 144 valence electrons. The zero-order chi connectivity index (χ0) is 19.9. The van der Waals surface area contributed by atoms with Gasteiger partial charge in [0.25, 0.3) is 0 Å². The third kappa shape index (κ3) is 3.97. The van der Waals surface area contributed by atoms with Crippen molar-refractivity contribution in [1.29, 1.82) is 0 Å². The summed E-state index contributed by atoms with van der Waals surface area (Å²) in [6.45, 7) is 0.779. The van der Waals surface area contributed by atoms with Crippen LogP contribution in [-0.2, 0) is 23.5 Å². The fourth-order valence-electron chi connectivity index (χ4n) is 3.67. The van der Waals surface area contributed by atoms with Crippen LogP contribution in [0.3, 0.4) is 0 Å². The smallest absolute Gasteiger partial charge is 0.144 e. The van der Waals surface area contributed by atoms with E-state index in [0.29, 0.717) is 13.2 Å². The Bertz CT molecular complexity index is 937. The number of rotatable bonds is 7. The van der Waals surface area contributed by atoms with E-state index in [-0.39, 0.29) is 0 Å². The molecule has 0 radical (unpaired) electrons. The van der Waals surface area contributed by atoms with E-state index in [1.807, 2.05) is 72.8 Å². The molecule has 1 aromatic heterocycles. The molecule has 0 amide bonds. The molecule has 0 fully saturated rings. The summed E-state index contributed by atoms with van der Waals surface area (Å²) in [5.74, 6) is 0. The highest BCUT2D eigenvalue weighted by Crippen LogP contribution is 2.40. The Kier molecular flexibility index (Phi) is 5.80. The number of benzene rings is 3. The molecule has 0 bridgehead atoms. The monoisotopic (exact) mass is 380 g/mol. The lowest BCUT2D eigenvalue weighted by molar-refractivity contribution is -0.00146. The molecule has 0 aliphatic carbocycles. The predicted molar refractivity (Wildman–Crippen MR) is 116 cm³/mol. The standard InChI is InChI=1S/C26H24N2O/c27-19-24-17-10-18-25(28-24)20-29-26(21-11-4-1-5-12-21,22-13-6-2-7-14-22)23-15-8-3-9-16-23/h1-18H,19-20,27H2. The summed E-state index contributed by atoms with van der Waals surface area (Å²) in [5, 5.41) is 0. The van der Waals surface area contributed by atoms with Crippen LogP contribution in [-0.4, -0.2) is 4.98 Å². The van der Waals surface area contributed by atoms with Crippen molar-refractivity contribution in [2.75, 3.05) is 0 Å². The average molecular weight is 380 g/mol. The van der Waals surface area contributed by atoms with Gasteiger partial charge < -0.3 is 10.5 Å². The molecule has 4 rings (SSSR count). The van der Waals surface area contributed by atoms with E-state index in [9.17, 15) is 0 Å². The van der Waals surface area contributed by atoms with Gasteiger partial charge in [-0.3, -0.25) is 4.98 Å². The van der Waals surface area contributed by atoms with Gasteiger partial charge in [-0.25, -0.2) is 0 Å². The highest BCUT2D eigenvalue weighted by molar-refractivity contribution is 5.47. The topological polar surface area (TPSA) is 48.1 Å². The van der Waals surface area contributed by atoms with Crippen LogP contribution in [0.2, 0.25) is 0 Å². The van der Waals surface area contributed by atoms with Crippen molar-refractivity contribution in [3.8, 4) is 0 Å². The Morgan fingerprint density at radius 3 is 1.48 bits per heavy atom. The molecule has 0 unspecified atom stereocenters. The van der Waals surface area contributed by atoms with Crippen LogP contribution in [0.1, 0.15) is 28.1 Å². The Morgan fingerprint density at radius 2 is 1.03 bits per heavy atom. The third-order valence-corrected chi connectivity index (χ3v) is 5.05. The lowest BCUT2D eigenvalue weighted by Gasteiger charge is -2.36. The van der Waals surface area contributed by atoms with E-state index >= 15 is 0 Å². The molecule has 29 heavy (non-hydrogen) atoms. The Balaban J connectivity index is 1.85. The quantitative estimate of drug-likeness (QED) is 0.457. The second-order valence-corrected chi connectivity index (χ2v) is 6.89. The number of aromatic nitrogens is 1. The summed E-state index contributed by atoms with van der Waals surface area (Å²) in [5.41, 5.74) is 9.97. The van der Waals surface area contributed by atoms with E-state index in [4.69, 9.17) is 10.5 Å². The zero-order valence-corrected chi connectivity index (χ0v) is 16.2. The van der Waals surface area contributed by atoms with Crippen LogP contribution in [0.4, 0.5) is 0 Å². The van der Waals surface area contributed by atoms with Crippen LogP contribution in [0.25, 0.3) is 0 Å². The summed E-state index contributed by atoms with van der Waals surface area (Å²) in [4.78, 5) is 4.63. The average Bonchev–Trinajstić information content (AvgIpc) is 2.82. The number of nitrogens with zero attached hydrogens (tertiary/aromatic N) is 1. The minimum Gasteiger partial charge on any atom is -0.355 e. The molecule has 0 aliphatic heterocycles. The second kappa shape index (κ2) is 8.82. The Labute approximate surface area is 171 Å². The number of pyridine rings is 1. The molecule has 0 aliphatic rings.